The second-order valence-electron chi connectivity index (χ2n) is 4.28. The molecule has 0 unspecified atom stereocenters. The van der Waals surface area contributed by atoms with Gasteiger partial charge in [0.25, 0.3) is 0 Å². The normalized spacial score (nSPS) is 10.8. The highest BCUT2D eigenvalue weighted by Gasteiger charge is 2.14. The Labute approximate surface area is 111 Å². The van der Waals surface area contributed by atoms with Crippen LogP contribution in [0.4, 0.5) is 10.1 Å². The molecule has 1 aromatic heterocycles. The lowest BCUT2D eigenvalue weighted by atomic mass is 10.0. The third-order valence-corrected chi connectivity index (χ3v) is 3.14. The Bertz CT molecular complexity index is 613. The van der Waals surface area contributed by atoms with Crippen LogP contribution < -0.4 is 16.0 Å². The Morgan fingerprint density at radius 1 is 1.37 bits per heavy atom. The molecule has 1 aromatic carbocycles. The van der Waals surface area contributed by atoms with Gasteiger partial charge in [0, 0.05) is 17.1 Å². The highest BCUT2D eigenvalue weighted by atomic mass is 19.1. The summed E-state index contributed by atoms with van der Waals surface area (Å²) in [5.41, 5.74) is 5.94. The van der Waals surface area contributed by atoms with Gasteiger partial charge >= 0.3 is 0 Å². The Morgan fingerprint density at radius 3 is 2.68 bits per heavy atom. The van der Waals surface area contributed by atoms with Crippen molar-refractivity contribution in [3.8, 4) is 5.75 Å². The number of halogens is 1. The van der Waals surface area contributed by atoms with E-state index in [1.807, 2.05) is 20.8 Å². The predicted octanol–water partition coefficient (Wildman–Crippen LogP) is 2.93. The summed E-state index contributed by atoms with van der Waals surface area (Å²) in [5, 5.41) is 0.773. The first-order valence-corrected chi connectivity index (χ1v) is 6.34. The molecule has 5 heteroatoms. The molecule has 0 amide bonds. The van der Waals surface area contributed by atoms with Crippen LogP contribution in [0.5, 0.6) is 5.75 Å². The first kappa shape index (κ1) is 13.5. The Hall–Kier alpha value is -1.88. The van der Waals surface area contributed by atoms with Crippen molar-refractivity contribution in [2.75, 3.05) is 12.0 Å². The average Bonchev–Trinajstić information content (AvgIpc) is 2.39. The van der Waals surface area contributed by atoms with Crippen molar-refractivity contribution in [2.45, 2.75) is 27.2 Å². The summed E-state index contributed by atoms with van der Waals surface area (Å²) in [7, 11) is 0. The summed E-state index contributed by atoms with van der Waals surface area (Å²) in [6, 6.07) is 3.03. The summed E-state index contributed by atoms with van der Waals surface area (Å²) < 4.78 is 19.1. The van der Waals surface area contributed by atoms with Crippen molar-refractivity contribution >= 4 is 16.6 Å². The summed E-state index contributed by atoms with van der Waals surface area (Å²) in [6.45, 7) is 6.15. The van der Waals surface area contributed by atoms with Gasteiger partial charge in [0.2, 0.25) is 0 Å². The maximum atomic E-state index is 13.8. The van der Waals surface area contributed by atoms with Gasteiger partial charge in [-0.25, -0.2) is 4.39 Å². The summed E-state index contributed by atoms with van der Waals surface area (Å²) >= 11 is 0. The molecule has 102 valence electrons. The second-order valence-corrected chi connectivity index (χ2v) is 4.28. The second kappa shape index (κ2) is 5.40. The van der Waals surface area contributed by atoms with E-state index in [0.29, 0.717) is 12.1 Å². The van der Waals surface area contributed by atoms with E-state index < -0.39 is 5.82 Å². The van der Waals surface area contributed by atoms with Crippen LogP contribution >= 0.6 is 0 Å². The van der Waals surface area contributed by atoms with Crippen LogP contribution in [-0.2, 0) is 6.42 Å². The van der Waals surface area contributed by atoms with Crippen molar-refractivity contribution in [2.24, 2.45) is 5.84 Å². The molecular formula is C14H18FN3O. The number of hydrazine groups is 1. The van der Waals surface area contributed by atoms with Crippen LogP contribution in [0, 0.1) is 12.7 Å². The van der Waals surface area contributed by atoms with E-state index in [2.05, 4.69) is 10.4 Å². The quantitative estimate of drug-likeness (QED) is 0.657. The fourth-order valence-electron chi connectivity index (χ4n) is 2.29. The molecule has 0 radical (unpaired) electrons. The minimum atomic E-state index is -0.409. The molecule has 0 aliphatic carbocycles. The molecule has 0 aliphatic heterocycles. The molecule has 2 rings (SSSR count). The minimum Gasteiger partial charge on any atom is -0.491 e. The van der Waals surface area contributed by atoms with Gasteiger partial charge in [-0.3, -0.25) is 10.8 Å². The number of hydrogen-bond donors (Lipinski definition) is 2. The maximum Gasteiger partial charge on any atom is 0.167 e. The first-order valence-electron chi connectivity index (χ1n) is 6.34. The monoisotopic (exact) mass is 263 g/mol. The molecule has 0 fully saturated rings. The van der Waals surface area contributed by atoms with Crippen molar-refractivity contribution in [1.29, 1.82) is 0 Å². The minimum absolute atomic E-state index is 0.221. The number of ether oxygens (including phenoxy) is 1. The van der Waals surface area contributed by atoms with Crippen molar-refractivity contribution in [3.05, 3.63) is 29.2 Å². The molecule has 1 heterocycles. The number of nitrogens with two attached hydrogens (primary N) is 1. The van der Waals surface area contributed by atoms with E-state index in [4.69, 9.17) is 10.6 Å². The molecule has 4 nitrogen and oxygen atoms in total. The van der Waals surface area contributed by atoms with Crippen LogP contribution in [0.1, 0.15) is 25.1 Å². The molecule has 0 aliphatic rings. The highest BCUT2D eigenvalue weighted by molar-refractivity contribution is 5.94. The number of fused-ring (bicyclic) bond motifs is 1. The molecule has 0 atom stereocenters. The fourth-order valence-corrected chi connectivity index (χ4v) is 2.29. The largest absolute Gasteiger partial charge is 0.491 e. The highest BCUT2D eigenvalue weighted by Crippen LogP contribution is 2.32. The van der Waals surface area contributed by atoms with Gasteiger partial charge in [0.15, 0.2) is 11.6 Å². The van der Waals surface area contributed by atoms with E-state index in [0.717, 1.165) is 28.8 Å². The number of aryl methyl sites for hydroxylation is 1. The van der Waals surface area contributed by atoms with Gasteiger partial charge in [-0.1, -0.05) is 6.92 Å². The van der Waals surface area contributed by atoms with Gasteiger partial charge in [-0.2, -0.15) is 0 Å². The average molecular weight is 263 g/mol. The molecule has 19 heavy (non-hydrogen) atoms. The standard InChI is InChI=1S/C14H18FN3O/c1-4-9-8(3)17-12-7-11(15)13(19-5-2)6-10(12)14(9)18-16/h6-7H,4-5,16H2,1-3H3,(H,17,18). The summed E-state index contributed by atoms with van der Waals surface area (Å²) in [5.74, 6) is 5.42. The zero-order valence-electron chi connectivity index (χ0n) is 11.4. The van der Waals surface area contributed by atoms with Crippen LogP contribution in [-0.4, -0.2) is 11.6 Å². The number of nitrogens with one attached hydrogen (secondary N) is 1. The SMILES string of the molecule is CCOc1cc2c(NN)c(CC)c(C)nc2cc1F. The molecule has 2 aromatic rings. The van der Waals surface area contributed by atoms with E-state index in [1.54, 1.807) is 6.07 Å². The van der Waals surface area contributed by atoms with Crippen LogP contribution in [0.3, 0.4) is 0 Å². The number of hydrogen-bond acceptors (Lipinski definition) is 4. The van der Waals surface area contributed by atoms with Gasteiger partial charge in [-0.05, 0) is 31.9 Å². The third-order valence-electron chi connectivity index (χ3n) is 3.14. The molecule has 0 bridgehead atoms. The van der Waals surface area contributed by atoms with Crippen LogP contribution in [0.2, 0.25) is 0 Å². The number of aromatic nitrogens is 1. The topological polar surface area (TPSA) is 60.2 Å². The van der Waals surface area contributed by atoms with Crippen molar-refractivity contribution in [3.63, 3.8) is 0 Å². The van der Waals surface area contributed by atoms with Gasteiger partial charge < -0.3 is 10.2 Å². The van der Waals surface area contributed by atoms with Crippen molar-refractivity contribution in [1.82, 2.24) is 4.98 Å². The van der Waals surface area contributed by atoms with E-state index in [1.165, 1.54) is 6.07 Å². The predicted molar refractivity (Wildman–Crippen MR) is 74.8 cm³/mol. The number of pyridine rings is 1. The number of benzene rings is 1. The number of nitrogen functional groups attached to an aromatic ring is 1. The third kappa shape index (κ3) is 2.33. The number of rotatable bonds is 4. The van der Waals surface area contributed by atoms with Crippen LogP contribution in [0.15, 0.2) is 12.1 Å². The Kier molecular flexibility index (Phi) is 3.85. The van der Waals surface area contributed by atoms with E-state index >= 15 is 0 Å². The lowest BCUT2D eigenvalue weighted by Crippen LogP contribution is -2.11. The van der Waals surface area contributed by atoms with Crippen molar-refractivity contribution < 1.29 is 9.13 Å². The number of anilines is 1. The zero-order chi connectivity index (χ0) is 14.0. The van der Waals surface area contributed by atoms with Gasteiger partial charge in [-0.15, -0.1) is 0 Å². The lowest BCUT2D eigenvalue weighted by molar-refractivity contribution is 0.322. The van der Waals surface area contributed by atoms with Crippen LogP contribution in [0.25, 0.3) is 10.9 Å². The maximum absolute atomic E-state index is 13.8. The Morgan fingerprint density at radius 2 is 2.11 bits per heavy atom. The molecule has 0 spiro atoms. The van der Waals surface area contributed by atoms with E-state index in [-0.39, 0.29) is 5.75 Å². The summed E-state index contributed by atoms with van der Waals surface area (Å²) in [6.07, 6.45) is 0.801. The smallest absolute Gasteiger partial charge is 0.167 e. The van der Waals surface area contributed by atoms with Gasteiger partial charge in [0.05, 0.1) is 17.8 Å². The van der Waals surface area contributed by atoms with Gasteiger partial charge in [0.1, 0.15) is 0 Å². The molecule has 3 N–H and O–H groups in total. The molecule has 0 saturated carbocycles. The number of nitrogens with zero attached hydrogens (tertiary/aromatic N) is 1. The lowest BCUT2D eigenvalue weighted by Gasteiger charge is -2.15. The molecule has 0 saturated heterocycles. The first-order chi connectivity index (χ1) is 9.12. The zero-order valence-corrected chi connectivity index (χ0v) is 11.4. The Balaban J connectivity index is 2.77. The van der Waals surface area contributed by atoms with E-state index in [9.17, 15) is 4.39 Å². The summed E-state index contributed by atoms with van der Waals surface area (Å²) in [4.78, 5) is 4.43. The molecular weight excluding hydrogens is 245 g/mol. The fraction of sp³-hybridized carbons (Fsp3) is 0.357.